The zero-order chi connectivity index (χ0) is 13.9. The van der Waals surface area contributed by atoms with Crippen molar-refractivity contribution < 1.29 is 4.74 Å². The van der Waals surface area contributed by atoms with Gasteiger partial charge in [0.2, 0.25) is 0 Å². The summed E-state index contributed by atoms with van der Waals surface area (Å²) in [6.45, 7) is 0. The van der Waals surface area contributed by atoms with E-state index in [2.05, 4.69) is 16.5 Å². The summed E-state index contributed by atoms with van der Waals surface area (Å²) in [5.41, 5.74) is 5.44. The van der Waals surface area contributed by atoms with E-state index in [0.717, 1.165) is 11.3 Å². The van der Waals surface area contributed by atoms with Crippen LogP contribution < -0.4 is 16.0 Å². The first-order chi connectivity index (χ1) is 9.81. The van der Waals surface area contributed by atoms with Gasteiger partial charge >= 0.3 is 0 Å². The van der Waals surface area contributed by atoms with Gasteiger partial charge in [-0.2, -0.15) is 0 Å². The number of pyridine rings is 1. The second kappa shape index (κ2) is 5.91. The van der Waals surface area contributed by atoms with Crippen LogP contribution in [0, 0.1) is 0 Å². The zero-order valence-corrected chi connectivity index (χ0v) is 12.4. The third-order valence-electron chi connectivity index (χ3n) is 3.77. The lowest BCUT2D eigenvalue weighted by molar-refractivity contribution is 0.411. The fraction of sp³-hybridized carbons (Fsp3) is 0.400. The molecule has 2 aromatic rings. The van der Waals surface area contributed by atoms with Crippen LogP contribution in [0.4, 0.5) is 0 Å². The van der Waals surface area contributed by atoms with E-state index < -0.39 is 0 Å². The van der Waals surface area contributed by atoms with E-state index in [-0.39, 0.29) is 6.04 Å². The summed E-state index contributed by atoms with van der Waals surface area (Å²) in [4.78, 5) is 6.99. The third kappa shape index (κ3) is 2.57. The number of aryl methyl sites for hydroxylation is 2. The number of hydrogen-bond donors (Lipinski definition) is 2. The SMILES string of the molecule is COc1cncc(C(NN)c2cc3c(s2)CCCC3)c1. The summed E-state index contributed by atoms with van der Waals surface area (Å²) >= 11 is 1.87. The molecular weight excluding hydrogens is 270 g/mol. The summed E-state index contributed by atoms with van der Waals surface area (Å²) in [7, 11) is 1.65. The Bertz CT molecular complexity index is 573. The molecule has 1 aliphatic carbocycles. The van der Waals surface area contributed by atoms with Gasteiger partial charge in [-0.25, -0.2) is 5.43 Å². The van der Waals surface area contributed by atoms with Crippen molar-refractivity contribution in [3.05, 3.63) is 45.4 Å². The Balaban J connectivity index is 1.94. The average molecular weight is 289 g/mol. The maximum Gasteiger partial charge on any atom is 0.137 e. The summed E-state index contributed by atoms with van der Waals surface area (Å²) < 4.78 is 5.24. The highest BCUT2D eigenvalue weighted by atomic mass is 32.1. The van der Waals surface area contributed by atoms with Gasteiger partial charge in [-0.15, -0.1) is 11.3 Å². The molecule has 0 aromatic carbocycles. The molecule has 0 radical (unpaired) electrons. The van der Waals surface area contributed by atoms with Crippen LogP contribution in [-0.4, -0.2) is 12.1 Å². The Kier molecular flexibility index (Phi) is 4.00. The van der Waals surface area contributed by atoms with Gasteiger partial charge in [0.15, 0.2) is 0 Å². The van der Waals surface area contributed by atoms with Crippen LogP contribution in [0.3, 0.4) is 0 Å². The van der Waals surface area contributed by atoms with Crippen LogP contribution in [0.15, 0.2) is 24.5 Å². The van der Waals surface area contributed by atoms with Crippen LogP contribution in [0.5, 0.6) is 5.75 Å². The van der Waals surface area contributed by atoms with E-state index in [9.17, 15) is 0 Å². The smallest absolute Gasteiger partial charge is 0.137 e. The summed E-state index contributed by atoms with van der Waals surface area (Å²) in [6.07, 6.45) is 8.54. The molecule has 2 heterocycles. The molecule has 2 aromatic heterocycles. The third-order valence-corrected chi connectivity index (χ3v) is 5.07. The highest BCUT2D eigenvalue weighted by Gasteiger charge is 2.20. The van der Waals surface area contributed by atoms with Crippen molar-refractivity contribution in [3.8, 4) is 5.75 Å². The van der Waals surface area contributed by atoms with Crippen LogP contribution in [0.25, 0.3) is 0 Å². The van der Waals surface area contributed by atoms with Gasteiger partial charge in [0, 0.05) is 16.0 Å². The quantitative estimate of drug-likeness (QED) is 0.671. The van der Waals surface area contributed by atoms with Gasteiger partial charge in [0.05, 0.1) is 19.3 Å². The van der Waals surface area contributed by atoms with E-state index in [0.29, 0.717) is 0 Å². The minimum atomic E-state index is -0.0202. The number of hydrogen-bond acceptors (Lipinski definition) is 5. The van der Waals surface area contributed by atoms with Crippen molar-refractivity contribution in [1.29, 1.82) is 0 Å². The largest absolute Gasteiger partial charge is 0.495 e. The standard InChI is InChI=1S/C15H19N3OS/c1-19-12-6-11(8-17-9-12)15(18-16)14-7-10-4-2-3-5-13(10)20-14/h6-9,15,18H,2-5,16H2,1H3. The second-order valence-electron chi connectivity index (χ2n) is 5.06. The van der Waals surface area contributed by atoms with E-state index in [4.69, 9.17) is 10.6 Å². The maximum atomic E-state index is 5.77. The molecule has 0 fully saturated rings. The lowest BCUT2D eigenvalue weighted by Gasteiger charge is -2.15. The monoisotopic (exact) mass is 289 g/mol. The normalized spacial score (nSPS) is 15.7. The molecule has 0 bridgehead atoms. The number of nitrogens with one attached hydrogen (secondary N) is 1. The first-order valence-electron chi connectivity index (χ1n) is 6.88. The fourth-order valence-electron chi connectivity index (χ4n) is 2.70. The molecule has 1 aliphatic rings. The Labute approximate surface area is 123 Å². The van der Waals surface area contributed by atoms with Crippen molar-refractivity contribution in [2.45, 2.75) is 31.7 Å². The van der Waals surface area contributed by atoms with E-state index in [1.807, 2.05) is 23.6 Å². The van der Waals surface area contributed by atoms with Crippen molar-refractivity contribution in [3.63, 3.8) is 0 Å². The van der Waals surface area contributed by atoms with Crippen LogP contribution >= 0.6 is 11.3 Å². The van der Waals surface area contributed by atoms with Gasteiger partial charge in [0.25, 0.3) is 0 Å². The lowest BCUT2D eigenvalue weighted by Crippen LogP contribution is -2.28. The number of ether oxygens (including phenoxy) is 1. The van der Waals surface area contributed by atoms with Crippen LogP contribution in [-0.2, 0) is 12.8 Å². The predicted molar refractivity (Wildman–Crippen MR) is 80.9 cm³/mol. The predicted octanol–water partition coefficient (Wildman–Crippen LogP) is 2.58. The number of methoxy groups -OCH3 is 1. The fourth-order valence-corrected chi connectivity index (χ4v) is 4.05. The molecule has 3 N–H and O–H groups in total. The highest BCUT2D eigenvalue weighted by molar-refractivity contribution is 7.12. The Morgan fingerprint density at radius 1 is 1.30 bits per heavy atom. The van der Waals surface area contributed by atoms with Gasteiger partial charge in [-0.05, 0) is 48.9 Å². The summed E-state index contributed by atoms with van der Waals surface area (Å²) in [5.74, 6) is 6.53. The Hall–Kier alpha value is -1.43. The number of fused-ring (bicyclic) bond motifs is 1. The number of hydrazine groups is 1. The Morgan fingerprint density at radius 2 is 2.15 bits per heavy atom. The first-order valence-corrected chi connectivity index (χ1v) is 7.70. The second-order valence-corrected chi connectivity index (χ2v) is 6.23. The number of rotatable bonds is 4. The maximum absolute atomic E-state index is 5.77. The summed E-state index contributed by atoms with van der Waals surface area (Å²) in [6, 6.07) is 4.26. The van der Waals surface area contributed by atoms with Crippen molar-refractivity contribution in [1.82, 2.24) is 10.4 Å². The number of thiophene rings is 1. The first kappa shape index (κ1) is 13.5. The molecule has 4 nitrogen and oxygen atoms in total. The minimum Gasteiger partial charge on any atom is -0.495 e. The molecular formula is C15H19N3OS. The summed E-state index contributed by atoms with van der Waals surface area (Å²) in [5, 5.41) is 0. The van der Waals surface area contributed by atoms with Gasteiger partial charge < -0.3 is 4.74 Å². The number of nitrogens with zero attached hydrogens (tertiary/aromatic N) is 1. The molecule has 0 spiro atoms. The molecule has 1 atom stereocenters. The van der Waals surface area contributed by atoms with E-state index in [1.54, 1.807) is 13.3 Å². The molecule has 20 heavy (non-hydrogen) atoms. The highest BCUT2D eigenvalue weighted by Crippen LogP contribution is 2.35. The van der Waals surface area contributed by atoms with E-state index >= 15 is 0 Å². The topological polar surface area (TPSA) is 60.2 Å². The van der Waals surface area contributed by atoms with Crippen LogP contribution in [0.2, 0.25) is 0 Å². The molecule has 0 saturated heterocycles. The molecule has 106 valence electrons. The molecule has 1 unspecified atom stereocenters. The molecule has 3 rings (SSSR count). The van der Waals surface area contributed by atoms with Gasteiger partial charge in [0.1, 0.15) is 5.75 Å². The average Bonchev–Trinajstić information content (AvgIpc) is 2.91. The lowest BCUT2D eigenvalue weighted by atomic mass is 9.98. The number of nitrogens with two attached hydrogens (primary N) is 1. The molecule has 0 saturated carbocycles. The van der Waals surface area contributed by atoms with Crippen LogP contribution in [0.1, 0.15) is 39.8 Å². The Morgan fingerprint density at radius 3 is 2.90 bits per heavy atom. The molecule has 0 amide bonds. The van der Waals surface area contributed by atoms with Gasteiger partial charge in [-0.3, -0.25) is 10.8 Å². The van der Waals surface area contributed by atoms with Crippen molar-refractivity contribution in [2.75, 3.05) is 7.11 Å². The minimum absolute atomic E-state index is 0.0202. The molecule has 0 aliphatic heterocycles. The molecule has 5 heteroatoms. The number of aromatic nitrogens is 1. The van der Waals surface area contributed by atoms with Crippen molar-refractivity contribution >= 4 is 11.3 Å². The van der Waals surface area contributed by atoms with E-state index in [1.165, 1.54) is 41.0 Å². The van der Waals surface area contributed by atoms with Gasteiger partial charge in [-0.1, -0.05) is 0 Å². The zero-order valence-electron chi connectivity index (χ0n) is 11.6. The van der Waals surface area contributed by atoms with Crippen molar-refractivity contribution in [2.24, 2.45) is 5.84 Å².